The van der Waals surface area contributed by atoms with Crippen molar-refractivity contribution in [2.75, 3.05) is 33.5 Å². The molecule has 1 aliphatic heterocycles. The molecule has 1 aliphatic rings. The zero-order valence-electron chi connectivity index (χ0n) is 11.1. The van der Waals surface area contributed by atoms with Crippen molar-refractivity contribution in [1.29, 1.82) is 0 Å². The van der Waals surface area contributed by atoms with E-state index in [4.69, 9.17) is 9.47 Å². The molecule has 0 amide bonds. The van der Waals surface area contributed by atoms with Gasteiger partial charge in [-0.1, -0.05) is 6.92 Å². The monoisotopic (exact) mass is 229 g/mol. The Morgan fingerprint density at radius 3 is 2.62 bits per heavy atom. The molecule has 1 unspecified atom stereocenters. The number of ether oxygens (including phenoxy) is 2. The molecule has 1 heterocycles. The second-order valence-electron chi connectivity index (χ2n) is 5.05. The maximum absolute atomic E-state index is 5.47. The predicted molar refractivity (Wildman–Crippen MR) is 66.7 cm³/mol. The van der Waals surface area contributed by atoms with Gasteiger partial charge in [0.1, 0.15) is 0 Å². The minimum absolute atomic E-state index is 0.400. The van der Waals surface area contributed by atoms with Gasteiger partial charge in [0.25, 0.3) is 0 Å². The first-order valence-corrected chi connectivity index (χ1v) is 6.52. The van der Waals surface area contributed by atoms with Gasteiger partial charge in [0.2, 0.25) is 0 Å². The summed E-state index contributed by atoms with van der Waals surface area (Å²) in [4.78, 5) is 0. The number of hydrogen-bond acceptors (Lipinski definition) is 3. The molecular weight excluding hydrogens is 202 g/mol. The van der Waals surface area contributed by atoms with E-state index in [2.05, 4.69) is 19.2 Å². The third-order valence-corrected chi connectivity index (χ3v) is 3.83. The highest BCUT2D eigenvalue weighted by molar-refractivity contribution is 4.84. The van der Waals surface area contributed by atoms with Gasteiger partial charge in [-0.3, -0.25) is 0 Å². The van der Waals surface area contributed by atoms with E-state index < -0.39 is 0 Å². The molecule has 0 aromatic carbocycles. The van der Waals surface area contributed by atoms with Crippen molar-refractivity contribution in [2.24, 2.45) is 5.41 Å². The lowest BCUT2D eigenvalue weighted by Gasteiger charge is -2.38. The normalized spacial score (nSPS) is 21.9. The fourth-order valence-electron chi connectivity index (χ4n) is 2.17. The van der Waals surface area contributed by atoms with Crippen molar-refractivity contribution >= 4 is 0 Å². The number of hydrogen-bond donors (Lipinski definition) is 1. The number of methoxy groups -OCH3 is 1. The van der Waals surface area contributed by atoms with E-state index in [1.807, 2.05) is 0 Å². The van der Waals surface area contributed by atoms with E-state index in [0.717, 1.165) is 32.8 Å². The molecule has 1 atom stereocenters. The highest BCUT2D eigenvalue weighted by atomic mass is 16.5. The largest absolute Gasteiger partial charge is 0.385 e. The first-order chi connectivity index (χ1) is 7.72. The molecule has 1 fully saturated rings. The van der Waals surface area contributed by atoms with Crippen LogP contribution in [-0.2, 0) is 9.47 Å². The van der Waals surface area contributed by atoms with Gasteiger partial charge in [0, 0.05) is 39.5 Å². The van der Waals surface area contributed by atoms with Gasteiger partial charge < -0.3 is 14.8 Å². The lowest BCUT2D eigenvalue weighted by atomic mass is 9.77. The van der Waals surface area contributed by atoms with Gasteiger partial charge in [-0.15, -0.1) is 0 Å². The third-order valence-electron chi connectivity index (χ3n) is 3.83. The van der Waals surface area contributed by atoms with E-state index >= 15 is 0 Å². The molecule has 0 saturated carbocycles. The van der Waals surface area contributed by atoms with Gasteiger partial charge in [-0.25, -0.2) is 0 Å². The summed E-state index contributed by atoms with van der Waals surface area (Å²) >= 11 is 0. The van der Waals surface area contributed by atoms with Gasteiger partial charge in [0.15, 0.2) is 0 Å². The Morgan fingerprint density at radius 2 is 2.06 bits per heavy atom. The van der Waals surface area contributed by atoms with Gasteiger partial charge >= 0.3 is 0 Å². The Bertz CT molecular complexity index is 179. The van der Waals surface area contributed by atoms with Crippen LogP contribution in [0.15, 0.2) is 0 Å². The van der Waals surface area contributed by atoms with Crippen LogP contribution in [0.2, 0.25) is 0 Å². The first kappa shape index (κ1) is 13.9. The minimum atomic E-state index is 0.400. The summed E-state index contributed by atoms with van der Waals surface area (Å²) in [5.74, 6) is 0. The van der Waals surface area contributed by atoms with Crippen LogP contribution in [0.5, 0.6) is 0 Å². The molecule has 1 N–H and O–H groups in total. The Hall–Kier alpha value is -0.120. The Balaban J connectivity index is 2.42. The molecule has 1 saturated heterocycles. The van der Waals surface area contributed by atoms with Crippen molar-refractivity contribution in [3.63, 3.8) is 0 Å². The van der Waals surface area contributed by atoms with E-state index in [1.54, 1.807) is 7.11 Å². The topological polar surface area (TPSA) is 30.5 Å². The molecule has 0 bridgehead atoms. The highest BCUT2D eigenvalue weighted by Gasteiger charge is 2.32. The summed E-state index contributed by atoms with van der Waals surface area (Å²) in [5, 5.41) is 3.64. The summed E-state index contributed by atoms with van der Waals surface area (Å²) < 4.78 is 10.7. The van der Waals surface area contributed by atoms with Crippen molar-refractivity contribution in [3.05, 3.63) is 0 Å². The molecule has 0 aromatic rings. The molecule has 0 radical (unpaired) electrons. The predicted octanol–water partition coefficient (Wildman–Crippen LogP) is 2.21. The molecule has 0 aromatic heterocycles. The van der Waals surface area contributed by atoms with E-state index in [1.165, 1.54) is 19.3 Å². The Labute approximate surface area is 99.9 Å². The lowest BCUT2D eigenvalue weighted by molar-refractivity contribution is -0.00242. The van der Waals surface area contributed by atoms with E-state index in [9.17, 15) is 0 Å². The maximum atomic E-state index is 5.47. The highest BCUT2D eigenvalue weighted by Crippen LogP contribution is 2.33. The standard InChI is InChI=1S/C13H27NO2/c1-4-12(2)14-11-13(5-8-15-3)6-9-16-10-7-13/h12,14H,4-11H2,1-3H3. The van der Waals surface area contributed by atoms with E-state index in [-0.39, 0.29) is 0 Å². The van der Waals surface area contributed by atoms with Crippen LogP contribution in [0.1, 0.15) is 39.5 Å². The summed E-state index contributed by atoms with van der Waals surface area (Å²) in [5.41, 5.74) is 0.400. The van der Waals surface area contributed by atoms with E-state index in [0.29, 0.717) is 11.5 Å². The van der Waals surface area contributed by atoms with Gasteiger partial charge in [-0.2, -0.15) is 0 Å². The average Bonchev–Trinajstić information content (AvgIpc) is 2.35. The second kappa shape index (κ2) is 7.25. The maximum Gasteiger partial charge on any atom is 0.0471 e. The lowest BCUT2D eigenvalue weighted by Crippen LogP contribution is -2.42. The van der Waals surface area contributed by atoms with Gasteiger partial charge in [0.05, 0.1) is 0 Å². The molecule has 96 valence electrons. The molecule has 0 aliphatic carbocycles. The fraction of sp³-hybridized carbons (Fsp3) is 1.00. The number of nitrogens with one attached hydrogen (secondary N) is 1. The molecule has 3 heteroatoms. The zero-order valence-corrected chi connectivity index (χ0v) is 11.1. The second-order valence-corrected chi connectivity index (χ2v) is 5.05. The summed E-state index contributed by atoms with van der Waals surface area (Å²) in [6, 6.07) is 0.613. The molecule has 0 spiro atoms. The van der Waals surface area contributed by atoms with Crippen molar-refractivity contribution in [3.8, 4) is 0 Å². The quantitative estimate of drug-likeness (QED) is 0.726. The van der Waals surface area contributed by atoms with Crippen molar-refractivity contribution in [1.82, 2.24) is 5.32 Å². The Kier molecular flexibility index (Phi) is 6.32. The van der Waals surface area contributed by atoms with Crippen LogP contribution >= 0.6 is 0 Å². The van der Waals surface area contributed by atoms with Crippen LogP contribution in [0.3, 0.4) is 0 Å². The first-order valence-electron chi connectivity index (χ1n) is 6.52. The van der Waals surface area contributed by atoms with Crippen molar-refractivity contribution in [2.45, 2.75) is 45.6 Å². The van der Waals surface area contributed by atoms with Crippen LogP contribution in [-0.4, -0.2) is 39.5 Å². The summed E-state index contributed by atoms with van der Waals surface area (Å²) in [7, 11) is 1.79. The Morgan fingerprint density at radius 1 is 1.38 bits per heavy atom. The molecular formula is C13H27NO2. The van der Waals surface area contributed by atoms with Crippen LogP contribution in [0, 0.1) is 5.41 Å². The summed E-state index contributed by atoms with van der Waals surface area (Å²) in [6.07, 6.45) is 4.67. The SMILES string of the molecule is CCC(C)NCC1(CCOC)CCOCC1. The smallest absolute Gasteiger partial charge is 0.0471 e. The average molecular weight is 229 g/mol. The third kappa shape index (κ3) is 4.40. The van der Waals surface area contributed by atoms with Crippen molar-refractivity contribution < 1.29 is 9.47 Å². The number of rotatable bonds is 7. The molecule has 3 nitrogen and oxygen atoms in total. The van der Waals surface area contributed by atoms with Crippen LogP contribution in [0.4, 0.5) is 0 Å². The fourth-order valence-corrected chi connectivity index (χ4v) is 2.17. The zero-order chi connectivity index (χ0) is 11.9. The minimum Gasteiger partial charge on any atom is -0.385 e. The molecule has 16 heavy (non-hydrogen) atoms. The van der Waals surface area contributed by atoms with Crippen LogP contribution < -0.4 is 5.32 Å². The molecule has 1 rings (SSSR count). The summed E-state index contributed by atoms with van der Waals surface area (Å²) in [6.45, 7) is 8.27. The van der Waals surface area contributed by atoms with Crippen LogP contribution in [0.25, 0.3) is 0 Å². The van der Waals surface area contributed by atoms with Gasteiger partial charge in [-0.05, 0) is 38.0 Å².